The number of hydrogen-bond donors (Lipinski definition) is 2. The van der Waals surface area contributed by atoms with Crippen molar-refractivity contribution in [3.63, 3.8) is 0 Å². The van der Waals surface area contributed by atoms with Gasteiger partial charge in [-0.25, -0.2) is 28.1 Å². The molecule has 3 amide bonds. The van der Waals surface area contributed by atoms with Gasteiger partial charge in [0.05, 0.1) is 17.7 Å². The predicted octanol–water partition coefficient (Wildman–Crippen LogP) is 5.05. The molecule has 208 valence electrons. The fraction of sp³-hybridized carbons (Fsp3) is 0.483. The number of rotatable bonds is 6. The van der Waals surface area contributed by atoms with Gasteiger partial charge in [0.2, 0.25) is 0 Å². The van der Waals surface area contributed by atoms with Gasteiger partial charge in [0.15, 0.2) is 11.6 Å². The van der Waals surface area contributed by atoms with Crippen LogP contribution in [0, 0.1) is 17.6 Å². The number of amides is 3. The van der Waals surface area contributed by atoms with E-state index in [-0.39, 0.29) is 30.0 Å². The first kappa shape index (κ1) is 27.1. The molecule has 2 aromatic rings. The summed E-state index contributed by atoms with van der Waals surface area (Å²) >= 11 is 0. The largest absolute Gasteiger partial charge is 0.462 e. The Kier molecular flexibility index (Phi) is 7.83. The molecular formula is C29H33F2N3O5. The summed E-state index contributed by atoms with van der Waals surface area (Å²) in [6.07, 6.45) is 3.25. The first-order valence-corrected chi connectivity index (χ1v) is 13.5. The minimum atomic E-state index is -1.05. The maximum atomic E-state index is 13.9. The topological polar surface area (TPSA) is 97.0 Å². The van der Waals surface area contributed by atoms with Crippen LogP contribution in [-0.2, 0) is 9.47 Å². The Balaban J connectivity index is 1.30. The van der Waals surface area contributed by atoms with Gasteiger partial charge in [-0.05, 0) is 86.7 Å². The zero-order valence-corrected chi connectivity index (χ0v) is 21.9. The van der Waals surface area contributed by atoms with E-state index in [0.29, 0.717) is 25.1 Å². The predicted molar refractivity (Wildman–Crippen MR) is 138 cm³/mol. The Labute approximate surface area is 226 Å². The molecule has 2 aromatic carbocycles. The Morgan fingerprint density at radius 1 is 1.13 bits per heavy atom. The molecule has 0 spiro atoms. The van der Waals surface area contributed by atoms with E-state index in [1.165, 1.54) is 6.07 Å². The molecular weight excluding hydrogens is 508 g/mol. The fourth-order valence-corrected chi connectivity index (χ4v) is 6.36. The molecule has 39 heavy (non-hydrogen) atoms. The van der Waals surface area contributed by atoms with Crippen molar-refractivity contribution in [1.29, 1.82) is 0 Å². The van der Waals surface area contributed by atoms with Crippen LogP contribution in [0.2, 0.25) is 0 Å². The van der Waals surface area contributed by atoms with E-state index in [1.807, 2.05) is 18.2 Å². The number of imide groups is 1. The molecule has 3 fully saturated rings. The number of carbonyl (C=O) groups excluding carboxylic acids is 3. The molecule has 2 N–H and O–H groups in total. The number of esters is 1. The van der Waals surface area contributed by atoms with Crippen LogP contribution in [0.3, 0.4) is 0 Å². The minimum Gasteiger partial charge on any atom is -0.462 e. The second-order valence-corrected chi connectivity index (χ2v) is 10.5. The zero-order valence-electron chi connectivity index (χ0n) is 21.9. The van der Waals surface area contributed by atoms with Gasteiger partial charge in [0.25, 0.3) is 0 Å². The average molecular weight is 542 g/mol. The Bertz CT molecular complexity index is 1240. The number of urea groups is 1. The van der Waals surface area contributed by atoms with Crippen LogP contribution in [0.4, 0.5) is 18.4 Å². The third kappa shape index (κ3) is 5.34. The van der Waals surface area contributed by atoms with Crippen LogP contribution in [-0.4, -0.2) is 54.8 Å². The van der Waals surface area contributed by atoms with Crippen molar-refractivity contribution >= 4 is 18.1 Å². The lowest BCUT2D eigenvalue weighted by atomic mass is 9.69. The van der Waals surface area contributed by atoms with E-state index < -0.39 is 35.3 Å². The Morgan fingerprint density at radius 3 is 2.59 bits per heavy atom. The van der Waals surface area contributed by atoms with Gasteiger partial charge >= 0.3 is 18.1 Å². The van der Waals surface area contributed by atoms with Crippen molar-refractivity contribution in [2.75, 3.05) is 26.3 Å². The molecule has 5 rings (SSSR count). The summed E-state index contributed by atoms with van der Waals surface area (Å²) in [6, 6.07) is 9.44. The van der Waals surface area contributed by atoms with Gasteiger partial charge < -0.3 is 20.1 Å². The smallest absolute Gasteiger partial charge is 0.418 e. The molecule has 0 aromatic heterocycles. The standard InChI is InChI=1S/C29H33F2N3O5/c1-2-38-26(35)22-6-4-3-5-21(22)18-7-10-20(11-8-18)29(13-14-32-17-29)33-27(36)34-25(16-39-28(34)37)19-9-12-23(30)24(31)15-19/h3-6,9,12,15,18,20,25,32H,2,7-8,10-11,13-14,16-17H2,1H3,(H,33,36)/t18?,20?,25-,29+/m1/s1. The number of nitrogens with zero attached hydrogens (tertiary/aromatic N) is 1. The molecule has 2 heterocycles. The van der Waals surface area contributed by atoms with E-state index in [4.69, 9.17) is 9.47 Å². The highest BCUT2D eigenvalue weighted by molar-refractivity contribution is 5.93. The molecule has 1 saturated carbocycles. The van der Waals surface area contributed by atoms with E-state index in [9.17, 15) is 23.2 Å². The summed E-state index contributed by atoms with van der Waals surface area (Å²) in [5.41, 5.74) is 1.31. The monoisotopic (exact) mass is 541 g/mol. The molecule has 0 bridgehead atoms. The molecule has 10 heteroatoms. The SMILES string of the molecule is CCOC(=O)c1ccccc1C1CCC([C@]2(NC(=O)N3C(=O)OC[C@@H]3c3ccc(F)c(F)c3)CCNC2)CC1. The Morgan fingerprint density at radius 2 is 1.90 bits per heavy atom. The number of halogens is 2. The summed E-state index contributed by atoms with van der Waals surface area (Å²) in [4.78, 5) is 39.6. The van der Waals surface area contributed by atoms with Crippen LogP contribution in [0.15, 0.2) is 42.5 Å². The summed E-state index contributed by atoms with van der Waals surface area (Å²) in [7, 11) is 0. The van der Waals surface area contributed by atoms with Crippen LogP contribution < -0.4 is 10.6 Å². The maximum Gasteiger partial charge on any atom is 0.418 e. The number of nitrogens with one attached hydrogen (secondary N) is 2. The molecule has 2 aliphatic heterocycles. The summed E-state index contributed by atoms with van der Waals surface area (Å²) in [5, 5.41) is 6.50. The van der Waals surface area contributed by atoms with Gasteiger partial charge in [-0.1, -0.05) is 24.3 Å². The van der Waals surface area contributed by atoms with Gasteiger partial charge in [0, 0.05) is 6.54 Å². The molecule has 0 unspecified atom stereocenters. The third-order valence-corrected chi connectivity index (χ3v) is 8.37. The highest BCUT2D eigenvalue weighted by Gasteiger charge is 2.47. The number of hydrogen-bond acceptors (Lipinski definition) is 6. The van der Waals surface area contributed by atoms with E-state index >= 15 is 0 Å². The van der Waals surface area contributed by atoms with Gasteiger partial charge in [0.1, 0.15) is 12.6 Å². The van der Waals surface area contributed by atoms with Gasteiger partial charge in [-0.3, -0.25) is 0 Å². The quantitative estimate of drug-likeness (QED) is 0.497. The molecule has 8 nitrogen and oxygen atoms in total. The second-order valence-electron chi connectivity index (χ2n) is 10.5. The highest BCUT2D eigenvalue weighted by Crippen LogP contribution is 2.43. The lowest BCUT2D eigenvalue weighted by molar-refractivity contribution is 0.0523. The first-order chi connectivity index (χ1) is 18.8. The number of benzene rings is 2. The van der Waals surface area contributed by atoms with Gasteiger partial charge in [-0.15, -0.1) is 0 Å². The third-order valence-electron chi connectivity index (χ3n) is 8.37. The maximum absolute atomic E-state index is 13.9. The molecule has 2 atom stereocenters. The average Bonchev–Trinajstić information content (AvgIpc) is 3.58. The molecule has 2 saturated heterocycles. The van der Waals surface area contributed by atoms with Crippen LogP contribution in [0.1, 0.15) is 72.5 Å². The normalized spacial score (nSPS) is 26.8. The summed E-state index contributed by atoms with van der Waals surface area (Å²) in [5.74, 6) is -2.01. The summed E-state index contributed by atoms with van der Waals surface area (Å²) < 4.78 is 37.8. The lowest BCUT2D eigenvalue weighted by Gasteiger charge is -2.42. The van der Waals surface area contributed by atoms with Crippen LogP contribution >= 0.6 is 0 Å². The van der Waals surface area contributed by atoms with E-state index in [1.54, 1.807) is 13.0 Å². The first-order valence-electron chi connectivity index (χ1n) is 13.5. The number of carbonyl (C=O) groups is 3. The van der Waals surface area contributed by atoms with E-state index in [2.05, 4.69) is 10.6 Å². The zero-order chi connectivity index (χ0) is 27.6. The molecule has 3 aliphatic rings. The van der Waals surface area contributed by atoms with Crippen molar-refractivity contribution in [2.24, 2.45) is 5.92 Å². The van der Waals surface area contributed by atoms with Crippen LogP contribution in [0.5, 0.6) is 0 Å². The molecule has 0 radical (unpaired) electrons. The number of ether oxygens (including phenoxy) is 2. The highest BCUT2D eigenvalue weighted by atomic mass is 19.2. The minimum absolute atomic E-state index is 0.131. The second kappa shape index (κ2) is 11.3. The van der Waals surface area contributed by atoms with Gasteiger partial charge in [-0.2, -0.15) is 0 Å². The lowest BCUT2D eigenvalue weighted by Crippen LogP contribution is -2.59. The molecule has 1 aliphatic carbocycles. The van der Waals surface area contributed by atoms with Crippen LogP contribution in [0.25, 0.3) is 0 Å². The number of cyclic esters (lactones) is 1. The summed E-state index contributed by atoms with van der Waals surface area (Å²) in [6.45, 7) is 3.26. The van der Waals surface area contributed by atoms with Crippen molar-refractivity contribution in [3.8, 4) is 0 Å². The van der Waals surface area contributed by atoms with E-state index in [0.717, 1.165) is 54.8 Å². The van der Waals surface area contributed by atoms with Crippen molar-refractivity contribution in [2.45, 2.75) is 56.5 Å². The van der Waals surface area contributed by atoms with Crippen molar-refractivity contribution in [1.82, 2.24) is 15.5 Å². The fourth-order valence-electron chi connectivity index (χ4n) is 6.36. The Hall–Kier alpha value is -3.53. The van der Waals surface area contributed by atoms with Crippen molar-refractivity contribution < 1.29 is 32.6 Å². The van der Waals surface area contributed by atoms with Crippen molar-refractivity contribution in [3.05, 3.63) is 70.8 Å².